The summed E-state index contributed by atoms with van der Waals surface area (Å²) in [6.45, 7) is 6.75. The van der Waals surface area contributed by atoms with Crippen LogP contribution in [0, 0.1) is 5.82 Å². The van der Waals surface area contributed by atoms with Crippen molar-refractivity contribution in [3.63, 3.8) is 0 Å². The SMILES string of the molecule is CC=C1Oc2cccc(N3CCN(CCNC(=O)c4ccc(F)cc4)CC3)c2O1. The molecule has 0 aliphatic carbocycles. The first-order chi connectivity index (χ1) is 14.1. The first kappa shape index (κ1) is 19.3. The molecule has 0 atom stereocenters. The molecule has 2 heterocycles. The van der Waals surface area contributed by atoms with Crippen molar-refractivity contribution in [2.24, 2.45) is 0 Å². The van der Waals surface area contributed by atoms with E-state index >= 15 is 0 Å². The van der Waals surface area contributed by atoms with Crippen LogP contribution in [0.15, 0.2) is 54.5 Å². The number of carbonyl (C=O) groups excluding carboxylic acids is 1. The van der Waals surface area contributed by atoms with Crippen LogP contribution in [0.25, 0.3) is 0 Å². The van der Waals surface area contributed by atoms with Crippen LogP contribution in [0.3, 0.4) is 0 Å². The lowest BCUT2D eigenvalue weighted by Gasteiger charge is -2.36. The summed E-state index contributed by atoms with van der Waals surface area (Å²) in [7, 11) is 0. The number of ether oxygens (including phenoxy) is 2. The Morgan fingerprint density at radius 2 is 1.86 bits per heavy atom. The highest BCUT2D eigenvalue weighted by Crippen LogP contribution is 2.44. The van der Waals surface area contributed by atoms with Gasteiger partial charge in [0.1, 0.15) is 5.82 Å². The van der Waals surface area contributed by atoms with Crippen LogP contribution in [0.2, 0.25) is 0 Å². The highest BCUT2D eigenvalue weighted by molar-refractivity contribution is 5.94. The number of piperazine rings is 1. The summed E-state index contributed by atoms with van der Waals surface area (Å²) in [6.07, 6.45) is 1.81. The molecule has 6 nitrogen and oxygen atoms in total. The van der Waals surface area contributed by atoms with Crippen LogP contribution >= 0.6 is 0 Å². The normalized spacial score (nSPS) is 17.6. The van der Waals surface area contributed by atoms with Crippen LogP contribution in [0.4, 0.5) is 10.1 Å². The molecule has 0 unspecified atom stereocenters. The van der Waals surface area contributed by atoms with E-state index in [1.807, 2.05) is 25.1 Å². The Kier molecular flexibility index (Phi) is 5.67. The zero-order valence-electron chi connectivity index (χ0n) is 16.4. The minimum absolute atomic E-state index is 0.180. The van der Waals surface area contributed by atoms with E-state index in [2.05, 4.69) is 21.2 Å². The lowest BCUT2D eigenvalue weighted by Crippen LogP contribution is -2.48. The zero-order valence-corrected chi connectivity index (χ0v) is 16.4. The van der Waals surface area contributed by atoms with Gasteiger partial charge < -0.3 is 19.7 Å². The lowest BCUT2D eigenvalue weighted by atomic mass is 10.2. The van der Waals surface area contributed by atoms with Gasteiger partial charge in [0.05, 0.1) is 5.69 Å². The molecule has 152 valence electrons. The van der Waals surface area contributed by atoms with Gasteiger partial charge in [-0.2, -0.15) is 0 Å². The van der Waals surface area contributed by atoms with E-state index in [1.165, 1.54) is 24.3 Å². The van der Waals surface area contributed by atoms with E-state index in [1.54, 1.807) is 0 Å². The molecule has 0 radical (unpaired) electrons. The second kappa shape index (κ2) is 8.53. The zero-order chi connectivity index (χ0) is 20.2. The van der Waals surface area contributed by atoms with E-state index in [-0.39, 0.29) is 11.7 Å². The molecular formula is C22H24FN3O3. The predicted molar refractivity (Wildman–Crippen MR) is 109 cm³/mol. The maximum atomic E-state index is 12.9. The molecular weight excluding hydrogens is 373 g/mol. The highest BCUT2D eigenvalue weighted by atomic mass is 19.1. The van der Waals surface area contributed by atoms with Crippen molar-refractivity contribution in [2.45, 2.75) is 6.92 Å². The number of fused-ring (bicyclic) bond motifs is 1. The van der Waals surface area contributed by atoms with E-state index in [0.29, 0.717) is 18.1 Å². The number of nitrogens with zero attached hydrogens (tertiary/aromatic N) is 2. The number of allylic oxidation sites excluding steroid dienone is 1. The van der Waals surface area contributed by atoms with Gasteiger partial charge in [0.25, 0.3) is 11.9 Å². The van der Waals surface area contributed by atoms with E-state index in [0.717, 1.165) is 49.9 Å². The highest BCUT2D eigenvalue weighted by Gasteiger charge is 2.26. The van der Waals surface area contributed by atoms with Crippen molar-refractivity contribution in [1.29, 1.82) is 0 Å². The second-order valence-electron chi connectivity index (χ2n) is 7.01. The Morgan fingerprint density at radius 3 is 2.59 bits per heavy atom. The van der Waals surface area contributed by atoms with Crippen LogP contribution < -0.4 is 19.7 Å². The Labute approximate surface area is 169 Å². The van der Waals surface area contributed by atoms with Gasteiger partial charge >= 0.3 is 0 Å². The Bertz CT molecular complexity index is 906. The van der Waals surface area contributed by atoms with Gasteiger partial charge in [-0.1, -0.05) is 6.07 Å². The maximum absolute atomic E-state index is 12.9. The third kappa shape index (κ3) is 4.35. The van der Waals surface area contributed by atoms with Crippen molar-refractivity contribution in [3.05, 3.63) is 65.9 Å². The molecule has 1 amide bonds. The van der Waals surface area contributed by atoms with Crippen molar-refractivity contribution in [2.75, 3.05) is 44.2 Å². The number of hydrogen-bond donors (Lipinski definition) is 1. The van der Waals surface area contributed by atoms with Crippen molar-refractivity contribution in [3.8, 4) is 11.5 Å². The average molecular weight is 397 g/mol. The van der Waals surface area contributed by atoms with Crippen LogP contribution in [-0.4, -0.2) is 50.1 Å². The largest absolute Gasteiger partial charge is 0.422 e. The molecule has 7 heteroatoms. The lowest BCUT2D eigenvalue weighted by molar-refractivity contribution is 0.0947. The van der Waals surface area contributed by atoms with E-state index in [9.17, 15) is 9.18 Å². The molecule has 2 aromatic rings. The van der Waals surface area contributed by atoms with Gasteiger partial charge in [0, 0.05) is 44.8 Å². The smallest absolute Gasteiger partial charge is 0.286 e. The fourth-order valence-electron chi connectivity index (χ4n) is 3.53. The summed E-state index contributed by atoms with van der Waals surface area (Å²) >= 11 is 0. The van der Waals surface area contributed by atoms with E-state index in [4.69, 9.17) is 9.47 Å². The molecule has 1 saturated heterocycles. The third-order valence-corrected chi connectivity index (χ3v) is 5.14. The minimum Gasteiger partial charge on any atom is -0.422 e. The van der Waals surface area contributed by atoms with Gasteiger partial charge in [0.2, 0.25) is 0 Å². The fraction of sp³-hybridized carbons (Fsp3) is 0.318. The molecule has 2 aromatic carbocycles. The standard InChI is InChI=1S/C22H24FN3O3/c1-2-20-28-19-5-3-4-18(21(19)29-20)26-14-12-25(13-15-26)11-10-24-22(27)16-6-8-17(23)9-7-16/h2-9H,10-15H2,1H3,(H,24,27). The number of hydrogen-bond acceptors (Lipinski definition) is 5. The number of para-hydroxylation sites is 1. The number of benzene rings is 2. The predicted octanol–water partition coefficient (Wildman–Crippen LogP) is 3.01. The van der Waals surface area contributed by atoms with Gasteiger partial charge in [-0.05, 0) is 49.4 Å². The summed E-state index contributed by atoms with van der Waals surface area (Å²) in [4.78, 5) is 16.7. The molecule has 29 heavy (non-hydrogen) atoms. The first-order valence-electron chi connectivity index (χ1n) is 9.80. The monoisotopic (exact) mass is 397 g/mol. The van der Waals surface area contributed by atoms with Crippen LogP contribution in [0.5, 0.6) is 11.5 Å². The molecule has 1 N–H and O–H groups in total. The van der Waals surface area contributed by atoms with Crippen LogP contribution in [0.1, 0.15) is 17.3 Å². The third-order valence-electron chi connectivity index (χ3n) is 5.14. The van der Waals surface area contributed by atoms with Crippen molar-refractivity contribution < 1.29 is 18.7 Å². The van der Waals surface area contributed by atoms with Gasteiger partial charge in [-0.3, -0.25) is 9.69 Å². The van der Waals surface area contributed by atoms with Crippen molar-refractivity contribution >= 4 is 11.6 Å². The van der Waals surface area contributed by atoms with Gasteiger partial charge in [-0.25, -0.2) is 4.39 Å². The Balaban J connectivity index is 1.26. The molecule has 2 aliphatic rings. The summed E-state index contributed by atoms with van der Waals surface area (Å²) in [5.41, 5.74) is 1.51. The van der Waals surface area contributed by atoms with Gasteiger partial charge in [0.15, 0.2) is 11.5 Å². The molecule has 0 saturated carbocycles. The summed E-state index contributed by atoms with van der Waals surface area (Å²) < 4.78 is 24.4. The first-order valence-corrected chi connectivity index (χ1v) is 9.80. The van der Waals surface area contributed by atoms with Crippen LogP contribution in [-0.2, 0) is 0 Å². The number of rotatable bonds is 5. The summed E-state index contributed by atoms with van der Waals surface area (Å²) in [5, 5.41) is 2.89. The molecule has 4 rings (SSSR count). The second-order valence-corrected chi connectivity index (χ2v) is 7.01. The average Bonchev–Trinajstić information content (AvgIpc) is 3.18. The summed E-state index contributed by atoms with van der Waals surface area (Å²) in [6, 6.07) is 11.5. The maximum Gasteiger partial charge on any atom is 0.286 e. The van der Waals surface area contributed by atoms with E-state index < -0.39 is 0 Å². The number of nitrogens with one attached hydrogen (secondary N) is 1. The molecule has 0 aromatic heterocycles. The van der Waals surface area contributed by atoms with Crippen molar-refractivity contribution in [1.82, 2.24) is 10.2 Å². The summed E-state index contributed by atoms with van der Waals surface area (Å²) in [5.74, 6) is 1.52. The Hall–Kier alpha value is -3.06. The number of anilines is 1. The fourth-order valence-corrected chi connectivity index (χ4v) is 3.53. The minimum atomic E-state index is -0.345. The molecule has 2 aliphatic heterocycles. The molecule has 0 bridgehead atoms. The molecule has 1 fully saturated rings. The molecule has 0 spiro atoms. The topological polar surface area (TPSA) is 54.0 Å². The number of halogens is 1. The number of carbonyl (C=O) groups is 1. The quantitative estimate of drug-likeness (QED) is 0.841. The number of amides is 1. The van der Waals surface area contributed by atoms with Gasteiger partial charge in [-0.15, -0.1) is 0 Å². The Morgan fingerprint density at radius 1 is 1.10 bits per heavy atom.